The molecule has 0 bridgehead atoms. The van der Waals surface area contributed by atoms with Crippen LogP contribution in [0, 0.1) is 5.82 Å². The molecule has 2 rings (SSSR count). The molecule has 0 aromatic heterocycles. The summed E-state index contributed by atoms with van der Waals surface area (Å²) in [6.45, 7) is 5.32. The van der Waals surface area contributed by atoms with Gasteiger partial charge in [-0.25, -0.2) is 4.39 Å². The van der Waals surface area contributed by atoms with Crippen molar-refractivity contribution in [3.05, 3.63) is 29.6 Å². The van der Waals surface area contributed by atoms with Gasteiger partial charge in [0.05, 0.1) is 0 Å². The lowest BCUT2D eigenvalue weighted by atomic mass is 10.0. The summed E-state index contributed by atoms with van der Waals surface area (Å²) in [5.41, 5.74) is 0.815. The minimum Gasteiger partial charge on any atom is -0.508 e. The highest BCUT2D eigenvalue weighted by atomic mass is 19.1. The molecule has 0 radical (unpaired) electrons. The first-order valence-electron chi connectivity index (χ1n) is 5.83. The van der Waals surface area contributed by atoms with Gasteiger partial charge in [0.2, 0.25) is 0 Å². The summed E-state index contributed by atoms with van der Waals surface area (Å²) in [6, 6.07) is 4.97. The van der Waals surface area contributed by atoms with Crippen molar-refractivity contribution in [3.63, 3.8) is 0 Å². The van der Waals surface area contributed by atoms with E-state index in [1.807, 2.05) is 0 Å². The van der Waals surface area contributed by atoms with Gasteiger partial charge in [-0.1, -0.05) is 6.07 Å². The van der Waals surface area contributed by atoms with Gasteiger partial charge < -0.3 is 5.11 Å². The van der Waals surface area contributed by atoms with Gasteiger partial charge in [-0.2, -0.15) is 0 Å². The van der Waals surface area contributed by atoms with Gasteiger partial charge in [0.15, 0.2) is 0 Å². The third-order valence-electron chi connectivity index (χ3n) is 3.54. The van der Waals surface area contributed by atoms with E-state index >= 15 is 0 Å². The predicted octanol–water partition coefficient (Wildman–Crippen LogP) is 3.08. The Bertz CT molecular complexity index is 380. The van der Waals surface area contributed by atoms with Crippen LogP contribution in [0.2, 0.25) is 0 Å². The molecule has 1 N–H and O–H groups in total. The molecule has 16 heavy (non-hydrogen) atoms. The lowest BCUT2D eigenvalue weighted by Crippen LogP contribution is -2.29. The number of rotatable bonds is 2. The molecule has 88 valence electrons. The molecule has 1 fully saturated rings. The van der Waals surface area contributed by atoms with Gasteiger partial charge in [-0.05, 0) is 39.3 Å². The molecule has 1 heterocycles. The van der Waals surface area contributed by atoms with Crippen LogP contribution in [0.25, 0.3) is 0 Å². The van der Waals surface area contributed by atoms with Crippen molar-refractivity contribution >= 4 is 0 Å². The molecule has 3 heteroatoms. The molecule has 0 aliphatic carbocycles. The van der Waals surface area contributed by atoms with Crippen molar-refractivity contribution < 1.29 is 9.50 Å². The van der Waals surface area contributed by atoms with Gasteiger partial charge in [0.1, 0.15) is 11.6 Å². The largest absolute Gasteiger partial charge is 0.508 e. The minimum absolute atomic E-state index is 0.0617. The summed E-state index contributed by atoms with van der Waals surface area (Å²) in [4.78, 5) is 2.35. The zero-order valence-corrected chi connectivity index (χ0v) is 9.78. The Morgan fingerprint density at radius 3 is 2.81 bits per heavy atom. The van der Waals surface area contributed by atoms with Crippen molar-refractivity contribution in [1.82, 2.24) is 4.90 Å². The number of phenols is 1. The lowest BCUT2D eigenvalue weighted by Gasteiger charge is -2.29. The molecular weight excluding hydrogens is 205 g/mol. The van der Waals surface area contributed by atoms with Gasteiger partial charge in [-0.3, -0.25) is 4.90 Å². The van der Waals surface area contributed by atoms with Gasteiger partial charge >= 0.3 is 0 Å². The van der Waals surface area contributed by atoms with E-state index in [9.17, 15) is 9.50 Å². The summed E-state index contributed by atoms with van der Waals surface area (Å²) >= 11 is 0. The summed E-state index contributed by atoms with van der Waals surface area (Å²) in [7, 11) is 0. The highest BCUT2D eigenvalue weighted by Gasteiger charge is 2.27. The minimum atomic E-state index is -0.386. The Balaban J connectivity index is 2.23. The van der Waals surface area contributed by atoms with E-state index < -0.39 is 0 Å². The maximum absolute atomic E-state index is 12.9. The summed E-state index contributed by atoms with van der Waals surface area (Å²) in [5, 5.41) is 9.74. The Morgan fingerprint density at radius 2 is 2.25 bits per heavy atom. The number of nitrogens with zero attached hydrogens (tertiary/aromatic N) is 1. The van der Waals surface area contributed by atoms with E-state index in [2.05, 4.69) is 18.7 Å². The van der Waals surface area contributed by atoms with Gasteiger partial charge in [0, 0.05) is 23.7 Å². The van der Waals surface area contributed by atoms with Crippen molar-refractivity contribution in [2.45, 2.75) is 38.8 Å². The Morgan fingerprint density at radius 1 is 1.50 bits per heavy atom. The highest BCUT2D eigenvalue weighted by Crippen LogP contribution is 2.33. The summed E-state index contributed by atoms with van der Waals surface area (Å²) < 4.78 is 12.9. The maximum atomic E-state index is 12.9. The first-order chi connectivity index (χ1) is 7.59. The number of phenolic OH excluding ortho intramolecular Hbond substituents is 1. The number of aromatic hydroxyl groups is 1. The average molecular weight is 223 g/mol. The summed E-state index contributed by atoms with van der Waals surface area (Å²) in [6.07, 6.45) is 2.40. The Kier molecular flexibility index (Phi) is 3.15. The normalized spacial score (nSPS) is 23.6. The summed E-state index contributed by atoms with van der Waals surface area (Å²) in [5.74, 6) is -0.325. The SMILES string of the molecule is CC1CCCN1C(C)c1ccc(F)cc1O. The zero-order chi connectivity index (χ0) is 11.7. The van der Waals surface area contributed by atoms with Gasteiger partial charge in [0.25, 0.3) is 0 Å². The van der Waals surface area contributed by atoms with Crippen molar-refractivity contribution in [2.24, 2.45) is 0 Å². The van der Waals surface area contributed by atoms with Crippen LogP contribution in [0.4, 0.5) is 4.39 Å². The van der Waals surface area contributed by atoms with E-state index in [0.717, 1.165) is 12.1 Å². The average Bonchev–Trinajstić information content (AvgIpc) is 2.63. The Labute approximate surface area is 95.7 Å². The third-order valence-corrected chi connectivity index (χ3v) is 3.54. The molecule has 1 aliphatic heterocycles. The van der Waals surface area contributed by atoms with Gasteiger partial charge in [-0.15, -0.1) is 0 Å². The first kappa shape index (κ1) is 11.4. The van der Waals surface area contributed by atoms with Crippen LogP contribution >= 0.6 is 0 Å². The van der Waals surface area contributed by atoms with E-state index in [1.54, 1.807) is 6.07 Å². The van der Waals surface area contributed by atoms with Crippen molar-refractivity contribution in [3.8, 4) is 5.75 Å². The molecule has 0 saturated carbocycles. The number of hydrogen-bond acceptors (Lipinski definition) is 2. The third kappa shape index (κ3) is 2.05. The molecule has 1 aromatic rings. The van der Waals surface area contributed by atoms with Crippen LogP contribution in [0.5, 0.6) is 5.75 Å². The molecule has 0 spiro atoms. The predicted molar refractivity (Wildman–Crippen MR) is 61.9 cm³/mol. The molecular formula is C13H18FNO. The smallest absolute Gasteiger partial charge is 0.126 e. The number of halogens is 1. The standard InChI is InChI=1S/C13H18FNO/c1-9-4-3-7-15(9)10(2)12-6-5-11(14)8-13(12)16/h5-6,8-10,16H,3-4,7H2,1-2H3. The molecule has 2 nitrogen and oxygen atoms in total. The molecule has 2 unspecified atom stereocenters. The Hall–Kier alpha value is -1.09. The molecule has 1 aromatic carbocycles. The highest BCUT2D eigenvalue weighted by molar-refractivity contribution is 5.35. The quantitative estimate of drug-likeness (QED) is 0.832. The van der Waals surface area contributed by atoms with Crippen molar-refractivity contribution in [2.75, 3.05) is 6.54 Å². The van der Waals surface area contributed by atoms with Crippen LogP contribution < -0.4 is 0 Å². The topological polar surface area (TPSA) is 23.5 Å². The molecule has 1 aliphatic rings. The monoisotopic (exact) mass is 223 g/mol. The number of hydrogen-bond donors (Lipinski definition) is 1. The lowest BCUT2D eigenvalue weighted by molar-refractivity contribution is 0.201. The fourth-order valence-electron chi connectivity index (χ4n) is 2.58. The molecule has 2 atom stereocenters. The molecule has 0 amide bonds. The number of likely N-dealkylation sites (tertiary alicyclic amines) is 1. The fourth-order valence-corrected chi connectivity index (χ4v) is 2.58. The van der Waals surface area contributed by atoms with Crippen LogP contribution in [-0.4, -0.2) is 22.6 Å². The van der Waals surface area contributed by atoms with Crippen LogP contribution in [0.15, 0.2) is 18.2 Å². The van der Waals surface area contributed by atoms with Crippen LogP contribution in [-0.2, 0) is 0 Å². The van der Waals surface area contributed by atoms with E-state index in [0.29, 0.717) is 6.04 Å². The second kappa shape index (κ2) is 4.42. The van der Waals surface area contributed by atoms with E-state index in [4.69, 9.17) is 0 Å². The second-order valence-corrected chi connectivity index (χ2v) is 4.61. The first-order valence-corrected chi connectivity index (χ1v) is 5.83. The van der Waals surface area contributed by atoms with Crippen molar-refractivity contribution in [1.29, 1.82) is 0 Å². The van der Waals surface area contributed by atoms with E-state index in [1.165, 1.54) is 25.0 Å². The fraction of sp³-hybridized carbons (Fsp3) is 0.538. The number of benzene rings is 1. The van der Waals surface area contributed by atoms with Crippen LogP contribution in [0.3, 0.4) is 0 Å². The zero-order valence-electron chi connectivity index (χ0n) is 9.78. The second-order valence-electron chi connectivity index (χ2n) is 4.61. The molecule has 1 saturated heterocycles. The maximum Gasteiger partial charge on any atom is 0.126 e. The van der Waals surface area contributed by atoms with Crippen LogP contribution in [0.1, 0.15) is 38.3 Å². The van der Waals surface area contributed by atoms with E-state index in [-0.39, 0.29) is 17.6 Å².